The Balaban J connectivity index is 1.69. The SMILES string of the molecule is COCC1(C(=O)O)CCN(C(=O)c2cccc(NC(=O)C3CC3C)c2)C1. The van der Waals surface area contributed by atoms with Crippen LogP contribution in [0, 0.1) is 17.3 Å². The van der Waals surface area contributed by atoms with E-state index in [-0.39, 0.29) is 30.9 Å². The Kier molecular flexibility index (Phi) is 5.00. The summed E-state index contributed by atoms with van der Waals surface area (Å²) in [4.78, 5) is 38.0. The summed E-state index contributed by atoms with van der Waals surface area (Å²) in [6.07, 6.45) is 1.26. The first-order valence-corrected chi connectivity index (χ1v) is 8.79. The van der Waals surface area contributed by atoms with Crippen LogP contribution in [-0.4, -0.2) is 54.6 Å². The van der Waals surface area contributed by atoms with Gasteiger partial charge in [-0.2, -0.15) is 0 Å². The van der Waals surface area contributed by atoms with E-state index in [2.05, 4.69) is 5.32 Å². The van der Waals surface area contributed by atoms with Gasteiger partial charge in [0.15, 0.2) is 0 Å². The number of carbonyl (C=O) groups is 3. The minimum atomic E-state index is -1.06. The van der Waals surface area contributed by atoms with Crippen molar-refractivity contribution in [3.63, 3.8) is 0 Å². The van der Waals surface area contributed by atoms with Crippen LogP contribution in [-0.2, 0) is 14.3 Å². The van der Waals surface area contributed by atoms with E-state index in [1.807, 2.05) is 6.92 Å². The molecule has 0 radical (unpaired) electrons. The molecule has 1 aliphatic carbocycles. The van der Waals surface area contributed by atoms with E-state index in [0.29, 0.717) is 30.1 Å². The number of nitrogens with zero attached hydrogens (tertiary/aromatic N) is 1. The van der Waals surface area contributed by atoms with E-state index in [0.717, 1.165) is 6.42 Å². The number of carboxylic acid groups (broad SMARTS) is 1. The number of carboxylic acids is 1. The van der Waals surface area contributed by atoms with Gasteiger partial charge in [-0.15, -0.1) is 0 Å². The number of hydrogen-bond donors (Lipinski definition) is 2. The van der Waals surface area contributed by atoms with Crippen LogP contribution in [0.1, 0.15) is 30.1 Å². The van der Waals surface area contributed by atoms with Crippen LogP contribution in [0.3, 0.4) is 0 Å². The van der Waals surface area contributed by atoms with Crippen molar-refractivity contribution >= 4 is 23.5 Å². The Hall–Kier alpha value is -2.41. The Labute approximate surface area is 152 Å². The van der Waals surface area contributed by atoms with Crippen molar-refractivity contribution in [3.05, 3.63) is 29.8 Å². The lowest BCUT2D eigenvalue weighted by Gasteiger charge is -2.24. The molecule has 140 valence electrons. The fraction of sp³-hybridized carbons (Fsp3) is 0.526. The van der Waals surface area contributed by atoms with Crippen LogP contribution in [0.5, 0.6) is 0 Å². The smallest absolute Gasteiger partial charge is 0.313 e. The molecule has 7 nitrogen and oxygen atoms in total. The van der Waals surface area contributed by atoms with E-state index >= 15 is 0 Å². The molecule has 1 saturated carbocycles. The van der Waals surface area contributed by atoms with Gasteiger partial charge in [-0.1, -0.05) is 13.0 Å². The number of methoxy groups -OCH3 is 1. The second-order valence-electron chi connectivity index (χ2n) is 7.38. The van der Waals surface area contributed by atoms with E-state index in [9.17, 15) is 19.5 Å². The molecule has 1 heterocycles. The fourth-order valence-electron chi connectivity index (χ4n) is 3.51. The molecule has 0 spiro atoms. The van der Waals surface area contributed by atoms with Crippen molar-refractivity contribution in [2.45, 2.75) is 19.8 Å². The minimum Gasteiger partial charge on any atom is -0.481 e. The molecule has 2 amide bonds. The van der Waals surface area contributed by atoms with Crippen molar-refractivity contribution < 1.29 is 24.2 Å². The summed E-state index contributed by atoms with van der Waals surface area (Å²) >= 11 is 0. The molecule has 1 aliphatic heterocycles. The number of likely N-dealkylation sites (tertiary alicyclic amines) is 1. The molecule has 0 aromatic heterocycles. The predicted molar refractivity (Wildman–Crippen MR) is 94.8 cm³/mol. The van der Waals surface area contributed by atoms with Crippen molar-refractivity contribution in [2.24, 2.45) is 17.3 Å². The number of aliphatic carboxylic acids is 1. The molecule has 2 N–H and O–H groups in total. The average molecular weight is 360 g/mol. The van der Waals surface area contributed by atoms with Gasteiger partial charge in [0.2, 0.25) is 5.91 Å². The third-order valence-corrected chi connectivity index (χ3v) is 5.34. The van der Waals surface area contributed by atoms with Crippen molar-refractivity contribution in [3.8, 4) is 0 Å². The van der Waals surface area contributed by atoms with Gasteiger partial charge in [0.25, 0.3) is 5.91 Å². The van der Waals surface area contributed by atoms with Crippen LogP contribution >= 0.6 is 0 Å². The lowest BCUT2D eigenvalue weighted by molar-refractivity contribution is -0.151. The molecule has 1 aromatic rings. The number of anilines is 1. The van der Waals surface area contributed by atoms with Crippen LogP contribution in [0.25, 0.3) is 0 Å². The van der Waals surface area contributed by atoms with Crippen LogP contribution in [0.15, 0.2) is 24.3 Å². The van der Waals surface area contributed by atoms with E-state index < -0.39 is 11.4 Å². The van der Waals surface area contributed by atoms with E-state index in [1.165, 1.54) is 12.0 Å². The van der Waals surface area contributed by atoms with Crippen molar-refractivity contribution in [2.75, 3.05) is 32.1 Å². The standard InChI is InChI=1S/C19H24N2O5/c1-12-8-15(12)16(22)20-14-5-3-4-13(9-14)17(23)21-7-6-19(10-21,11-26-2)18(24)25/h3-5,9,12,15H,6-8,10-11H2,1-2H3,(H,20,22)(H,24,25). The Morgan fingerprint density at radius 1 is 1.38 bits per heavy atom. The Morgan fingerprint density at radius 2 is 2.12 bits per heavy atom. The normalized spacial score (nSPS) is 27.2. The highest BCUT2D eigenvalue weighted by molar-refractivity contribution is 5.98. The highest BCUT2D eigenvalue weighted by Crippen LogP contribution is 2.38. The topological polar surface area (TPSA) is 95.9 Å². The third-order valence-electron chi connectivity index (χ3n) is 5.34. The third kappa shape index (κ3) is 3.58. The highest BCUT2D eigenvalue weighted by atomic mass is 16.5. The van der Waals surface area contributed by atoms with Gasteiger partial charge in [-0.05, 0) is 37.0 Å². The zero-order valence-corrected chi connectivity index (χ0v) is 15.0. The predicted octanol–water partition coefficient (Wildman–Crippen LogP) is 1.84. The number of rotatable bonds is 6. The molecule has 7 heteroatoms. The lowest BCUT2D eigenvalue weighted by atomic mass is 9.88. The average Bonchev–Trinajstić information content (AvgIpc) is 3.18. The highest BCUT2D eigenvalue weighted by Gasteiger charge is 2.46. The van der Waals surface area contributed by atoms with Crippen molar-refractivity contribution in [1.82, 2.24) is 4.90 Å². The maximum Gasteiger partial charge on any atom is 0.313 e. The van der Waals surface area contributed by atoms with E-state index in [4.69, 9.17) is 4.74 Å². The number of hydrogen-bond acceptors (Lipinski definition) is 4. The van der Waals surface area contributed by atoms with Crippen LogP contribution < -0.4 is 5.32 Å². The number of nitrogens with one attached hydrogen (secondary N) is 1. The maximum atomic E-state index is 12.8. The zero-order chi connectivity index (χ0) is 18.9. The van der Waals surface area contributed by atoms with Gasteiger partial charge < -0.3 is 20.1 Å². The monoisotopic (exact) mass is 360 g/mol. The maximum absolute atomic E-state index is 12.8. The molecule has 3 rings (SSSR count). The number of benzene rings is 1. The second-order valence-corrected chi connectivity index (χ2v) is 7.38. The summed E-state index contributed by atoms with van der Waals surface area (Å²) in [5.74, 6) is -0.741. The minimum absolute atomic E-state index is 0.0201. The van der Waals surface area contributed by atoms with Crippen LogP contribution in [0.4, 0.5) is 5.69 Å². The summed E-state index contributed by atoms with van der Waals surface area (Å²) < 4.78 is 5.06. The first-order valence-electron chi connectivity index (χ1n) is 8.79. The molecule has 1 aromatic carbocycles. The van der Waals surface area contributed by atoms with Crippen LogP contribution in [0.2, 0.25) is 0 Å². The van der Waals surface area contributed by atoms with Gasteiger partial charge in [0, 0.05) is 37.4 Å². The summed E-state index contributed by atoms with van der Waals surface area (Å²) in [6.45, 7) is 2.59. The molecular weight excluding hydrogens is 336 g/mol. The van der Waals surface area contributed by atoms with Gasteiger partial charge in [-0.3, -0.25) is 14.4 Å². The van der Waals surface area contributed by atoms with Gasteiger partial charge >= 0.3 is 5.97 Å². The first-order chi connectivity index (χ1) is 12.4. The van der Waals surface area contributed by atoms with Crippen molar-refractivity contribution in [1.29, 1.82) is 0 Å². The quantitative estimate of drug-likeness (QED) is 0.807. The number of carbonyl (C=O) groups excluding carboxylic acids is 2. The molecule has 26 heavy (non-hydrogen) atoms. The molecule has 3 atom stereocenters. The molecule has 1 saturated heterocycles. The molecule has 0 bridgehead atoms. The number of amides is 2. The van der Waals surface area contributed by atoms with Gasteiger partial charge in [-0.25, -0.2) is 0 Å². The molecular formula is C19H24N2O5. The summed E-state index contributed by atoms with van der Waals surface area (Å²) in [5, 5.41) is 12.4. The summed E-state index contributed by atoms with van der Waals surface area (Å²) in [6, 6.07) is 6.78. The van der Waals surface area contributed by atoms with E-state index in [1.54, 1.807) is 24.3 Å². The Morgan fingerprint density at radius 3 is 2.73 bits per heavy atom. The molecule has 2 aliphatic rings. The lowest BCUT2D eigenvalue weighted by Crippen LogP contribution is -2.40. The number of ether oxygens (including phenoxy) is 1. The largest absolute Gasteiger partial charge is 0.481 e. The summed E-state index contributed by atoms with van der Waals surface area (Å²) in [5.41, 5.74) is -0.0379. The first kappa shape index (κ1) is 18.4. The second kappa shape index (κ2) is 7.07. The van der Waals surface area contributed by atoms with Gasteiger partial charge in [0.1, 0.15) is 5.41 Å². The molecule has 2 fully saturated rings. The van der Waals surface area contributed by atoms with Gasteiger partial charge in [0.05, 0.1) is 6.61 Å². The summed E-state index contributed by atoms with van der Waals surface area (Å²) in [7, 11) is 1.46. The Bertz CT molecular complexity index is 734. The molecule has 3 unspecified atom stereocenters. The fourth-order valence-corrected chi connectivity index (χ4v) is 3.51. The zero-order valence-electron chi connectivity index (χ0n) is 15.0.